The van der Waals surface area contributed by atoms with E-state index in [9.17, 15) is 9.90 Å². The molecule has 5 fully saturated rings. The van der Waals surface area contributed by atoms with Crippen molar-refractivity contribution < 1.29 is 9.90 Å². The fourth-order valence-corrected chi connectivity index (χ4v) is 6.16. The van der Waals surface area contributed by atoms with E-state index in [1.54, 1.807) is 0 Å². The quantitative estimate of drug-likeness (QED) is 0.741. The zero-order chi connectivity index (χ0) is 22.4. The summed E-state index contributed by atoms with van der Waals surface area (Å²) in [6.07, 6.45) is 6.64. The second kappa shape index (κ2) is 6.68. The van der Waals surface area contributed by atoms with Crippen LogP contribution in [-0.2, 0) is 0 Å². The Morgan fingerprint density at radius 3 is 2.30 bits per heavy atom. The average Bonchev–Trinajstić information content (AvgIpc) is 3.41. The van der Waals surface area contributed by atoms with Gasteiger partial charge in [0.25, 0.3) is 0 Å². The second-order valence-electron chi connectivity index (χ2n) is 11.5. The smallest absolute Gasteiger partial charge is 0.320 e. The van der Waals surface area contributed by atoms with Crippen LogP contribution in [0.3, 0.4) is 0 Å². The molecule has 0 aromatic carbocycles. The molecular weight excluding hydrogens is 418 g/mol. The number of likely N-dealkylation sites (tertiary alicyclic amines) is 2. The minimum absolute atomic E-state index is 0.184. The fraction of sp³-hybridized carbons (Fsp3) is 0.667. The molecule has 3 saturated heterocycles. The lowest BCUT2D eigenvalue weighted by Crippen LogP contribution is -2.67. The lowest BCUT2D eigenvalue weighted by atomic mass is 9.57. The summed E-state index contributed by atoms with van der Waals surface area (Å²) >= 11 is 0. The van der Waals surface area contributed by atoms with Crippen molar-refractivity contribution in [2.24, 2.45) is 5.41 Å². The number of nitrogens with zero attached hydrogens (tertiary/aromatic N) is 6. The lowest BCUT2D eigenvalue weighted by Gasteiger charge is -2.59. The normalized spacial score (nSPS) is 25.9. The molecule has 1 spiro atoms. The van der Waals surface area contributed by atoms with Crippen molar-refractivity contribution in [2.75, 3.05) is 44.2 Å². The highest BCUT2D eigenvalue weighted by atomic mass is 16.3. The first kappa shape index (κ1) is 19.8. The number of hydrogen-bond acceptors (Lipinski definition) is 6. The molecule has 9 heteroatoms. The summed E-state index contributed by atoms with van der Waals surface area (Å²) in [6, 6.07) is 4.33. The first-order valence-corrected chi connectivity index (χ1v) is 12.3. The number of rotatable bonds is 4. The number of carbonyl (C=O) groups excluding carboxylic acids is 1. The first-order chi connectivity index (χ1) is 15.9. The Kier molecular flexibility index (Phi) is 4.00. The van der Waals surface area contributed by atoms with Crippen LogP contribution in [0.5, 0.6) is 0 Å². The van der Waals surface area contributed by atoms with Gasteiger partial charge in [0.1, 0.15) is 17.5 Å². The van der Waals surface area contributed by atoms with Crippen molar-refractivity contribution in [3.8, 4) is 0 Å². The number of aromatic nitrogens is 4. The zero-order valence-electron chi connectivity index (χ0n) is 19.1. The number of urea groups is 1. The van der Waals surface area contributed by atoms with Gasteiger partial charge in [0.05, 0.1) is 5.60 Å². The van der Waals surface area contributed by atoms with Gasteiger partial charge in [-0.25, -0.2) is 9.78 Å². The van der Waals surface area contributed by atoms with E-state index in [1.165, 1.54) is 18.4 Å². The molecule has 7 rings (SSSR count). The minimum atomic E-state index is -0.597. The van der Waals surface area contributed by atoms with Crippen LogP contribution >= 0.6 is 0 Å². The van der Waals surface area contributed by atoms with Gasteiger partial charge in [-0.2, -0.15) is 0 Å². The number of pyridine rings is 1. The molecule has 5 aliphatic rings. The van der Waals surface area contributed by atoms with E-state index >= 15 is 0 Å². The highest BCUT2D eigenvalue weighted by Gasteiger charge is 2.56. The Morgan fingerprint density at radius 1 is 1.00 bits per heavy atom. The predicted molar refractivity (Wildman–Crippen MR) is 121 cm³/mol. The van der Waals surface area contributed by atoms with E-state index in [0.29, 0.717) is 36.3 Å². The number of hydrogen-bond donors (Lipinski definition) is 2. The molecular formula is C24H31N7O2. The topological polar surface area (TPSA) is 101 Å². The molecule has 0 radical (unpaired) electrons. The Morgan fingerprint density at radius 2 is 1.70 bits per heavy atom. The molecule has 2 N–H and O–H groups in total. The number of amides is 2. The van der Waals surface area contributed by atoms with Gasteiger partial charge < -0.3 is 24.8 Å². The number of nitrogens with one attached hydrogen (secondary N) is 1. The summed E-state index contributed by atoms with van der Waals surface area (Å²) in [7, 11) is 0. The van der Waals surface area contributed by atoms with Gasteiger partial charge in [-0.1, -0.05) is 6.07 Å². The maximum atomic E-state index is 12.9. The predicted octanol–water partition coefficient (Wildman–Crippen LogP) is 2.05. The van der Waals surface area contributed by atoms with Crippen molar-refractivity contribution in [2.45, 2.75) is 56.0 Å². The Labute approximate surface area is 193 Å². The third-order valence-corrected chi connectivity index (χ3v) is 8.34. The van der Waals surface area contributed by atoms with Gasteiger partial charge in [-0.3, -0.25) is 0 Å². The number of aliphatic hydroxyl groups is 1. The van der Waals surface area contributed by atoms with Gasteiger partial charge in [0.15, 0.2) is 0 Å². The van der Waals surface area contributed by atoms with Crippen molar-refractivity contribution >= 4 is 11.8 Å². The monoisotopic (exact) mass is 449 g/mol. The summed E-state index contributed by atoms with van der Waals surface area (Å²) in [5.41, 5.74) is 0.897. The SMILES string of the molecule is CC1(O)CN(c2ccc(C3CN(C(=O)N4CC5(CC(c6nnc(C7CC7)[nH]6)C5)C4)C3)cn2)C1. The molecule has 2 saturated carbocycles. The van der Waals surface area contributed by atoms with Crippen LogP contribution in [-0.4, -0.2) is 86.0 Å². The molecule has 9 nitrogen and oxygen atoms in total. The van der Waals surface area contributed by atoms with Crippen LogP contribution in [0.4, 0.5) is 10.6 Å². The third-order valence-electron chi connectivity index (χ3n) is 8.34. The number of aromatic amines is 1. The molecule has 174 valence electrons. The maximum Gasteiger partial charge on any atom is 0.320 e. The van der Waals surface area contributed by atoms with Crippen LogP contribution in [0, 0.1) is 5.41 Å². The van der Waals surface area contributed by atoms with E-state index in [1.807, 2.05) is 29.0 Å². The van der Waals surface area contributed by atoms with Gasteiger partial charge in [0, 0.05) is 68.6 Å². The van der Waals surface area contributed by atoms with Gasteiger partial charge in [-0.15, -0.1) is 10.2 Å². The molecule has 2 aromatic rings. The summed E-state index contributed by atoms with van der Waals surface area (Å²) in [5.74, 6) is 4.50. The van der Waals surface area contributed by atoms with Gasteiger partial charge >= 0.3 is 6.03 Å². The number of carbonyl (C=O) groups is 1. The molecule has 2 aliphatic carbocycles. The molecule has 2 aromatic heterocycles. The molecule has 33 heavy (non-hydrogen) atoms. The van der Waals surface area contributed by atoms with E-state index in [2.05, 4.69) is 31.1 Å². The molecule has 0 atom stereocenters. The van der Waals surface area contributed by atoms with Crippen LogP contribution in [0.25, 0.3) is 0 Å². The molecule has 0 unspecified atom stereocenters. The summed E-state index contributed by atoms with van der Waals surface area (Å²) < 4.78 is 0. The minimum Gasteiger partial charge on any atom is -0.386 e. The van der Waals surface area contributed by atoms with Gasteiger partial charge in [-0.05, 0) is 44.2 Å². The zero-order valence-corrected chi connectivity index (χ0v) is 19.1. The molecule has 0 bridgehead atoms. The van der Waals surface area contributed by atoms with E-state index < -0.39 is 5.60 Å². The summed E-state index contributed by atoms with van der Waals surface area (Å²) in [5, 5.41) is 18.6. The molecule has 2 amide bonds. The Balaban J connectivity index is 0.873. The fourth-order valence-electron chi connectivity index (χ4n) is 6.16. The lowest BCUT2D eigenvalue weighted by molar-refractivity contribution is -0.0601. The Bertz CT molecular complexity index is 1060. The standard InChI is InChI=1S/C24H31N7O2/c1-23(33)11-30(12-23)19-5-4-16(8-25-19)18-9-29(10-18)22(32)31-13-24(14-31)6-17(7-24)21-26-20(27-28-21)15-2-3-15/h4-5,8,15,17-18,33H,2-3,6-7,9-14H2,1H3,(H,26,27,28). The van der Waals surface area contributed by atoms with E-state index in [0.717, 1.165) is 56.5 Å². The third kappa shape index (κ3) is 3.31. The van der Waals surface area contributed by atoms with Gasteiger partial charge in [0.2, 0.25) is 0 Å². The van der Waals surface area contributed by atoms with Crippen LogP contribution in [0.15, 0.2) is 18.3 Å². The second-order valence-corrected chi connectivity index (χ2v) is 11.5. The van der Waals surface area contributed by atoms with Crippen molar-refractivity contribution in [3.05, 3.63) is 35.5 Å². The highest BCUT2D eigenvalue weighted by molar-refractivity contribution is 5.77. The van der Waals surface area contributed by atoms with Crippen molar-refractivity contribution in [3.63, 3.8) is 0 Å². The van der Waals surface area contributed by atoms with Crippen molar-refractivity contribution in [1.82, 2.24) is 30.0 Å². The average molecular weight is 450 g/mol. The van der Waals surface area contributed by atoms with Crippen LogP contribution in [0.1, 0.15) is 67.6 Å². The summed E-state index contributed by atoms with van der Waals surface area (Å²) in [6.45, 7) is 6.40. The van der Waals surface area contributed by atoms with E-state index in [-0.39, 0.29) is 6.03 Å². The number of anilines is 1. The van der Waals surface area contributed by atoms with Crippen LogP contribution < -0.4 is 4.90 Å². The first-order valence-electron chi connectivity index (χ1n) is 12.3. The maximum absolute atomic E-state index is 12.9. The van der Waals surface area contributed by atoms with E-state index in [4.69, 9.17) is 0 Å². The number of H-pyrrole nitrogens is 1. The van der Waals surface area contributed by atoms with Crippen LogP contribution in [0.2, 0.25) is 0 Å². The summed E-state index contributed by atoms with van der Waals surface area (Å²) in [4.78, 5) is 27.0. The molecule has 3 aliphatic heterocycles. The van der Waals surface area contributed by atoms with Crippen molar-refractivity contribution in [1.29, 1.82) is 0 Å². The highest BCUT2D eigenvalue weighted by Crippen LogP contribution is 2.56. The number of β-amino-alcohol motifs (C(OH)–C–C–N with tert-alkyl or cyclic N) is 1. The largest absolute Gasteiger partial charge is 0.386 e. The molecule has 5 heterocycles. The Hall–Kier alpha value is -2.68.